The average Bonchev–Trinajstić information content (AvgIpc) is 2.70. The maximum absolute atomic E-state index is 12.6. The summed E-state index contributed by atoms with van der Waals surface area (Å²) in [5.41, 5.74) is 0.370. The number of hydrogen-bond acceptors (Lipinski definition) is 4. The Morgan fingerprint density at radius 1 is 0.969 bits per heavy atom. The number of hydrogen-bond donors (Lipinski definition) is 1. The van der Waals surface area contributed by atoms with E-state index >= 15 is 0 Å². The molecule has 0 radical (unpaired) electrons. The number of anilines is 1. The fraction of sp³-hybridized carbons (Fsp3) is 0.421. The fourth-order valence-electron chi connectivity index (χ4n) is 3.55. The molecule has 2 aromatic carbocycles. The lowest BCUT2D eigenvalue weighted by Gasteiger charge is -2.36. The number of ether oxygens (including phenoxy) is 1. The average molecular weight is 484 g/mol. The van der Waals surface area contributed by atoms with Crippen molar-refractivity contribution in [2.45, 2.75) is 37.3 Å². The number of carbonyl (C=O) groups excluding carboxylic acids is 1. The SMILES string of the molecule is O=C(OC(C(F)(F)F)C(F)(F)F)N1CCC(N(c2ccc3ccccc3c2)[SH](=O)=O)CC1. The molecule has 1 saturated heterocycles. The summed E-state index contributed by atoms with van der Waals surface area (Å²) in [5, 5.41) is 1.68. The summed E-state index contributed by atoms with van der Waals surface area (Å²) in [4.78, 5) is 12.6. The summed E-state index contributed by atoms with van der Waals surface area (Å²) in [7, 11) is -3.09. The molecule has 0 atom stereocenters. The number of fused-ring (bicyclic) bond motifs is 1. The van der Waals surface area contributed by atoms with Crippen LogP contribution in [0.4, 0.5) is 36.8 Å². The van der Waals surface area contributed by atoms with Crippen LogP contribution >= 0.6 is 0 Å². The minimum Gasteiger partial charge on any atom is -0.426 e. The van der Waals surface area contributed by atoms with Crippen molar-refractivity contribution in [3.63, 3.8) is 0 Å². The van der Waals surface area contributed by atoms with E-state index in [4.69, 9.17) is 0 Å². The molecule has 1 heterocycles. The van der Waals surface area contributed by atoms with Gasteiger partial charge in [-0.1, -0.05) is 30.3 Å². The molecule has 1 aliphatic heterocycles. The van der Waals surface area contributed by atoms with Crippen molar-refractivity contribution in [3.8, 4) is 0 Å². The Morgan fingerprint density at radius 2 is 1.53 bits per heavy atom. The van der Waals surface area contributed by atoms with Gasteiger partial charge >= 0.3 is 18.4 Å². The molecule has 1 fully saturated rings. The van der Waals surface area contributed by atoms with E-state index in [1.807, 2.05) is 12.1 Å². The summed E-state index contributed by atoms with van der Waals surface area (Å²) in [5.74, 6) is 0. The minimum absolute atomic E-state index is 0.00788. The van der Waals surface area contributed by atoms with Gasteiger partial charge in [0.2, 0.25) is 10.9 Å². The third-order valence-corrected chi connectivity index (χ3v) is 5.96. The number of halogens is 6. The van der Waals surface area contributed by atoms with Gasteiger partial charge in [0.15, 0.2) is 0 Å². The van der Waals surface area contributed by atoms with Gasteiger partial charge in [0.25, 0.3) is 6.10 Å². The van der Waals surface area contributed by atoms with Gasteiger partial charge in [-0.05, 0) is 35.7 Å². The second-order valence-corrected chi connectivity index (χ2v) is 8.09. The second kappa shape index (κ2) is 9.04. The summed E-state index contributed by atoms with van der Waals surface area (Å²) in [6.45, 7) is -0.529. The van der Waals surface area contributed by atoms with Gasteiger partial charge in [-0.3, -0.25) is 4.31 Å². The molecule has 0 aromatic heterocycles. The van der Waals surface area contributed by atoms with Crippen LogP contribution in [-0.4, -0.2) is 57.0 Å². The maximum Gasteiger partial charge on any atom is 0.434 e. The number of likely N-dealkylation sites (tertiary alicyclic amines) is 1. The van der Waals surface area contributed by atoms with Gasteiger partial charge in [0.1, 0.15) is 0 Å². The Bertz CT molecular complexity index is 1030. The number of thiol groups is 1. The zero-order valence-corrected chi connectivity index (χ0v) is 17.2. The Morgan fingerprint density at radius 3 is 2.06 bits per heavy atom. The zero-order valence-electron chi connectivity index (χ0n) is 16.3. The quantitative estimate of drug-likeness (QED) is 0.520. The lowest BCUT2D eigenvalue weighted by molar-refractivity contribution is -0.308. The van der Waals surface area contributed by atoms with Crippen LogP contribution in [0.5, 0.6) is 0 Å². The predicted molar refractivity (Wildman–Crippen MR) is 104 cm³/mol. The predicted octanol–water partition coefficient (Wildman–Crippen LogP) is 4.27. The van der Waals surface area contributed by atoms with Gasteiger partial charge < -0.3 is 9.64 Å². The van der Waals surface area contributed by atoms with Crippen molar-refractivity contribution in [2.24, 2.45) is 0 Å². The topological polar surface area (TPSA) is 66.9 Å². The molecule has 13 heteroatoms. The monoisotopic (exact) mass is 484 g/mol. The molecule has 0 saturated carbocycles. The summed E-state index contributed by atoms with van der Waals surface area (Å²) in [6, 6.07) is 11.6. The van der Waals surface area contributed by atoms with Gasteiger partial charge in [-0.15, -0.1) is 0 Å². The van der Waals surface area contributed by atoms with E-state index in [0.29, 0.717) is 10.6 Å². The third-order valence-electron chi connectivity index (χ3n) is 5.06. The van der Waals surface area contributed by atoms with Gasteiger partial charge in [-0.25, -0.2) is 13.2 Å². The first-order chi connectivity index (χ1) is 14.9. The molecule has 3 rings (SSSR count). The smallest absolute Gasteiger partial charge is 0.426 e. The van der Waals surface area contributed by atoms with E-state index in [1.165, 1.54) is 0 Å². The number of carbonyl (C=O) groups is 1. The molecule has 0 unspecified atom stereocenters. The van der Waals surface area contributed by atoms with Gasteiger partial charge in [0, 0.05) is 19.1 Å². The number of benzene rings is 2. The Labute approximate surface area is 180 Å². The highest BCUT2D eigenvalue weighted by Crippen LogP contribution is 2.36. The van der Waals surface area contributed by atoms with Crippen LogP contribution in [0.15, 0.2) is 42.5 Å². The molecular formula is C19H18F6N2O4S. The summed E-state index contributed by atoms with van der Waals surface area (Å²) < 4.78 is 104. The van der Waals surface area contributed by atoms with Crippen molar-refractivity contribution in [3.05, 3.63) is 42.5 Å². The van der Waals surface area contributed by atoms with Gasteiger partial charge in [-0.2, -0.15) is 26.3 Å². The second-order valence-electron chi connectivity index (χ2n) is 7.18. The summed E-state index contributed by atoms with van der Waals surface area (Å²) in [6.07, 6.45) is -17.6. The van der Waals surface area contributed by atoms with E-state index in [0.717, 1.165) is 15.1 Å². The van der Waals surface area contributed by atoms with E-state index in [-0.39, 0.29) is 25.9 Å². The Balaban J connectivity index is 1.70. The number of rotatable bonds is 4. The first kappa shape index (κ1) is 24.0. The maximum atomic E-state index is 12.6. The Kier molecular flexibility index (Phi) is 6.77. The van der Waals surface area contributed by atoms with E-state index in [1.54, 1.807) is 30.3 Å². The molecule has 0 bridgehead atoms. The van der Waals surface area contributed by atoms with Crippen LogP contribution in [0.1, 0.15) is 12.8 Å². The lowest BCUT2D eigenvalue weighted by atomic mass is 10.0. The van der Waals surface area contributed by atoms with E-state index in [9.17, 15) is 39.6 Å². The normalized spacial score (nSPS) is 16.1. The lowest BCUT2D eigenvalue weighted by Crippen LogP contribution is -2.51. The molecular weight excluding hydrogens is 466 g/mol. The van der Waals surface area contributed by atoms with Crippen LogP contribution in [0, 0.1) is 0 Å². The van der Waals surface area contributed by atoms with Crippen LogP contribution in [0.3, 0.4) is 0 Å². The number of piperidine rings is 1. The minimum atomic E-state index is -5.81. The van der Waals surface area contributed by atoms with Crippen LogP contribution in [0.25, 0.3) is 10.8 Å². The van der Waals surface area contributed by atoms with Crippen molar-refractivity contribution >= 4 is 33.4 Å². The molecule has 0 spiro atoms. The molecule has 176 valence electrons. The van der Waals surface area contributed by atoms with Crippen molar-refractivity contribution in [1.82, 2.24) is 4.90 Å². The zero-order chi connectivity index (χ0) is 23.7. The van der Waals surface area contributed by atoms with Crippen molar-refractivity contribution in [2.75, 3.05) is 17.4 Å². The molecule has 1 aliphatic rings. The first-order valence-corrected chi connectivity index (χ1v) is 10.5. The first-order valence-electron chi connectivity index (χ1n) is 9.39. The molecule has 32 heavy (non-hydrogen) atoms. The van der Waals surface area contributed by atoms with Crippen LogP contribution < -0.4 is 4.31 Å². The fourth-order valence-corrected chi connectivity index (χ4v) is 4.36. The third kappa shape index (κ3) is 5.37. The molecule has 6 nitrogen and oxygen atoms in total. The summed E-state index contributed by atoms with van der Waals surface area (Å²) >= 11 is 0. The number of alkyl halides is 6. The standard InChI is InChI=1S/C19H18F6N2O4S/c20-18(21,22)16(19(23,24)25)31-17(28)26-9-7-14(8-10-26)27(32(29)30)15-6-5-12-3-1-2-4-13(12)11-15/h1-6,11,14,16,32H,7-10H2. The van der Waals surface area contributed by atoms with Gasteiger partial charge in [0.05, 0.1) is 5.69 Å². The van der Waals surface area contributed by atoms with E-state index in [2.05, 4.69) is 4.74 Å². The molecule has 1 amide bonds. The van der Waals surface area contributed by atoms with Crippen LogP contribution in [0.2, 0.25) is 0 Å². The highest BCUT2D eigenvalue weighted by molar-refractivity contribution is 7.74. The number of nitrogens with zero attached hydrogens (tertiary/aromatic N) is 2. The molecule has 2 aromatic rings. The Hall–Kier alpha value is -2.70. The van der Waals surface area contributed by atoms with Crippen molar-refractivity contribution < 1.29 is 44.3 Å². The molecule has 0 N–H and O–H groups in total. The van der Waals surface area contributed by atoms with E-state index < -0.39 is 41.5 Å². The van der Waals surface area contributed by atoms with Crippen LogP contribution in [-0.2, 0) is 15.6 Å². The number of amides is 1. The highest BCUT2D eigenvalue weighted by atomic mass is 32.2. The molecule has 0 aliphatic carbocycles. The highest BCUT2D eigenvalue weighted by Gasteiger charge is 2.60. The van der Waals surface area contributed by atoms with Crippen molar-refractivity contribution in [1.29, 1.82) is 0 Å². The largest absolute Gasteiger partial charge is 0.434 e.